The van der Waals surface area contributed by atoms with E-state index in [9.17, 15) is 4.79 Å². The summed E-state index contributed by atoms with van der Waals surface area (Å²) in [6, 6.07) is 0. The van der Waals surface area contributed by atoms with Crippen molar-refractivity contribution in [3.8, 4) is 0 Å². The molecule has 3 nitrogen and oxygen atoms in total. The zero-order chi connectivity index (χ0) is 12.1. The zero-order valence-electron chi connectivity index (χ0n) is 10.5. The van der Waals surface area contributed by atoms with E-state index in [4.69, 9.17) is 0 Å². The summed E-state index contributed by atoms with van der Waals surface area (Å²) in [5.74, 6) is 0.851. The van der Waals surface area contributed by atoms with Crippen molar-refractivity contribution in [3.63, 3.8) is 0 Å². The summed E-state index contributed by atoms with van der Waals surface area (Å²) in [7, 11) is 0. The minimum Gasteiger partial charge on any atom is -0.354 e. The summed E-state index contributed by atoms with van der Waals surface area (Å²) in [6.07, 6.45) is 7.06. The van der Waals surface area contributed by atoms with Gasteiger partial charge in [0.2, 0.25) is 5.91 Å². The van der Waals surface area contributed by atoms with E-state index >= 15 is 0 Å². The van der Waals surface area contributed by atoms with Gasteiger partial charge >= 0.3 is 0 Å². The first-order valence-corrected chi connectivity index (χ1v) is 8.66. The summed E-state index contributed by atoms with van der Waals surface area (Å²) in [5.41, 5.74) is 0. The molecule has 1 saturated heterocycles. The van der Waals surface area contributed by atoms with E-state index in [-0.39, 0.29) is 5.91 Å². The maximum atomic E-state index is 11.7. The molecule has 5 heteroatoms. The van der Waals surface area contributed by atoms with Gasteiger partial charge in [-0.2, -0.15) is 11.8 Å². The number of thioether (sulfide) groups is 2. The lowest BCUT2D eigenvalue weighted by atomic mass is 10.2. The second kappa shape index (κ2) is 6.34. The molecule has 2 rings (SSSR count). The molecule has 1 aliphatic carbocycles. The van der Waals surface area contributed by atoms with Crippen LogP contribution in [0.1, 0.15) is 25.7 Å². The Morgan fingerprint density at radius 1 is 1.41 bits per heavy atom. The monoisotopic (exact) mass is 274 g/mol. The molecule has 0 aromatic rings. The molecule has 0 spiro atoms. The van der Waals surface area contributed by atoms with Crippen molar-refractivity contribution in [1.29, 1.82) is 0 Å². The predicted molar refractivity (Wildman–Crippen MR) is 76.8 cm³/mol. The minimum atomic E-state index is 0.217. The summed E-state index contributed by atoms with van der Waals surface area (Å²) >= 11 is 3.72. The van der Waals surface area contributed by atoms with E-state index in [1.807, 2.05) is 23.5 Å². The van der Waals surface area contributed by atoms with Crippen molar-refractivity contribution in [2.75, 3.05) is 31.6 Å². The fourth-order valence-corrected chi connectivity index (χ4v) is 3.84. The second-order valence-corrected chi connectivity index (χ2v) is 7.49. The molecular formula is C12H22N2OS2. The third kappa shape index (κ3) is 4.38. The predicted octanol–water partition coefficient (Wildman–Crippen LogP) is 1.48. The van der Waals surface area contributed by atoms with Crippen LogP contribution in [-0.2, 0) is 4.79 Å². The third-order valence-corrected chi connectivity index (χ3v) is 6.38. The number of rotatable bonds is 6. The Labute approximate surface area is 112 Å². The maximum absolute atomic E-state index is 11.7. The van der Waals surface area contributed by atoms with Crippen molar-refractivity contribution in [2.24, 2.45) is 0 Å². The lowest BCUT2D eigenvalue weighted by molar-refractivity contribution is -0.118. The van der Waals surface area contributed by atoms with Crippen molar-refractivity contribution >= 4 is 29.4 Å². The standard InChI is InChI=1S/C12H22N2OS2/c1-16-12(4-5-12)9-14-11(15)8-17-10-2-6-13-7-3-10/h10,13H,2-9H2,1H3,(H,14,15). The van der Waals surface area contributed by atoms with E-state index in [0.29, 0.717) is 15.7 Å². The Balaban J connectivity index is 1.57. The lowest BCUT2D eigenvalue weighted by Gasteiger charge is -2.22. The molecule has 0 atom stereocenters. The van der Waals surface area contributed by atoms with E-state index in [1.54, 1.807) is 0 Å². The van der Waals surface area contributed by atoms with Crippen LogP contribution >= 0.6 is 23.5 Å². The minimum absolute atomic E-state index is 0.217. The van der Waals surface area contributed by atoms with Crippen LogP contribution in [0.4, 0.5) is 0 Å². The highest BCUT2D eigenvalue weighted by Gasteiger charge is 2.41. The van der Waals surface area contributed by atoms with Gasteiger partial charge in [-0.1, -0.05) is 0 Å². The average molecular weight is 274 g/mol. The van der Waals surface area contributed by atoms with Crippen molar-refractivity contribution in [2.45, 2.75) is 35.7 Å². The van der Waals surface area contributed by atoms with Gasteiger partial charge in [-0.3, -0.25) is 4.79 Å². The second-order valence-electron chi connectivity index (χ2n) is 4.92. The summed E-state index contributed by atoms with van der Waals surface area (Å²) in [5, 5.41) is 7.10. The molecule has 17 heavy (non-hydrogen) atoms. The van der Waals surface area contributed by atoms with E-state index < -0.39 is 0 Å². The Hall–Kier alpha value is 0.130. The van der Waals surface area contributed by atoms with Gasteiger partial charge in [0.25, 0.3) is 0 Å². The Bertz CT molecular complexity index is 263. The van der Waals surface area contributed by atoms with Gasteiger partial charge < -0.3 is 10.6 Å². The van der Waals surface area contributed by atoms with E-state index in [1.165, 1.54) is 25.7 Å². The summed E-state index contributed by atoms with van der Waals surface area (Å²) in [4.78, 5) is 11.7. The summed E-state index contributed by atoms with van der Waals surface area (Å²) in [6.45, 7) is 3.07. The molecule has 2 N–H and O–H groups in total. The Kier molecular flexibility index (Phi) is 5.06. The quantitative estimate of drug-likeness (QED) is 0.770. The average Bonchev–Trinajstić information content (AvgIpc) is 3.16. The van der Waals surface area contributed by atoms with E-state index in [2.05, 4.69) is 16.9 Å². The van der Waals surface area contributed by atoms with Crippen LogP contribution < -0.4 is 10.6 Å². The molecule has 0 radical (unpaired) electrons. The number of piperidine rings is 1. The van der Waals surface area contributed by atoms with Gasteiger partial charge in [0, 0.05) is 16.5 Å². The molecule has 0 unspecified atom stereocenters. The topological polar surface area (TPSA) is 41.1 Å². The number of amides is 1. The highest BCUT2D eigenvalue weighted by Crippen LogP contribution is 2.46. The number of hydrogen-bond donors (Lipinski definition) is 2. The van der Waals surface area contributed by atoms with Gasteiger partial charge in [0.1, 0.15) is 0 Å². The van der Waals surface area contributed by atoms with Crippen LogP contribution in [0.3, 0.4) is 0 Å². The number of hydrogen-bond acceptors (Lipinski definition) is 4. The van der Waals surface area contributed by atoms with Crippen molar-refractivity contribution < 1.29 is 4.79 Å². The van der Waals surface area contributed by atoms with Crippen LogP contribution in [0.15, 0.2) is 0 Å². The molecule has 0 aromatic heterocycles. The first kappa shape index (κ1) is 13.6. The van der Waals surface area contributed by atoms with Gasteiger partial charge in [-0.25, -0.2) is 0 Å². The van der Waals surface area contributed by atoms with Gasteiger partial charge in [-0.05, 0) is 45.0 Å². The van der Waals surface area contributed by atoms with Crippen LogP contribution in [0, 0.1) is 0 Å². The number of nitrogens with one attached hydrogen (secondary N) is 2. The molecule has 1 heterocycles. The molecule has 1 amide bonds. The summed E-state index contributed by atoms with van der Waals surface area (Å²) < 4.78 is 0.384. The molecule has 2 fully saturated rings. The first-order chi connectivity index (χ1) is 8.24. The normalized spacial score (nSPS) is 23.4. The molecule has 0 aromatic carbocycles. The Morgan fingerprint density at radius 3 is 2.71 bits per heavy atom. The molecular weight excluding hydrogens is 252 g/mol. The molecule has 2 aliphatic rings. The van der Waals surface area contributed by atoms with Gasteiger partial charge in [0.15, 0.2) is 0 Å². The van der Waals surface area contributed by atoms with E-state index in [0.717, 1.165) is 19.6 Å². The van der Waals surface area contributed by atoms with Crippen LogP contribution in [-0.4, -0.2) is 47.5 Å². The van der Waals surface area contributed by atoms with Crippen molar-refractivity contribution in [1.82, 2.24) is 10.6 Å². The molecule has 1 saturated carbocycles. The van der Waals surface area contributed by atoms with Crippen LogP contribution in [0.2, 0.25) is 0 Å². The van der Waals surface area contributed by atoms with Crippen LogP contribution in [0.5, 0.6) is 0 Å². The SMILES string of the molecule is CSC1(CNC(=O)CSC2CCNCC2)CC1. The third-order valence-electron chi connectivity index (χ3n) is 3.58. The van der Waals surface area contributed by atoms with Crippen molar-refractivity contribution in [3.05, 3.63) is 0 Å². The van der Waals surface area contributed by atoms with Crippen LogP contribution in [0.25, 0.3) is 0 Å². The smallest absolute Gasteiger partial charge is 0.230 e. The largest absolute Gasteiger partial charge is 0.354 e. The molecule has 1 aliphatic heterocycles. The highest BCUT2D eigenvalue weighted by molar-refractivity contribution is 8.00. The maximum Gasteiger partial charge on any atom is 0.230 e. The fraction of sp³-hybridized carbons (Fsp3) is 0.917. The highest BCUT2D eigenvalue weighted by atomic mass is 32.2. The first-order valence-electron chi connectivity index (χ1n) is 6.38. The Morgan fingerprint density at radius 2 is 2.12 bits per heavy atom. The molecule has 98 valence electrons. The van der Waals surface area contributed by atoms with Gasteiger partial charge in [0.05, 0.1) is 5.75 Å². The zero-order valence-corrected chi connectivity index (χ0v) is 12.1. The molecule has 0 bridgehead atoms. The number of carbonyl (C=O) groups is 1. The fourth-order valence-electron chi connectivity index (χ4n) is 2.06. The number of carbonyl (C=O) groups excluding carboxylic acids is 1. The lowest BCUT2D eigenvalue weighted by Crippen LogP contribution is -2.34. The van der Waals surface area contributed by atoms with Gasteiger partial charge in [-0.15, -0.1) is 11.8 Å².